The van der Waals surface area contributed by atoms with Gasteiger partial charge in [0.1, 0.15) is 11.4 Å². The van der Waals surface area contributed by atoms with Gasteiger partial charge in [0, 0.05) is 12.5 Å². The molecule has 2 amide bonds. The highest BCUT2D eigenvalue weighted by molar-refractivity contribution is 5.93. The first-order valence-electron chi connectivity index (χ1n) is 11.6. The van der Waals surface area contributed by atoms with Gasteiger partial charge in [-0.15, -0.1) is 0 Å². The molecule has 3 atom stereocenters. The summed E-state index contributed by atoms with van der Waals surface area (Å²) in [5.41, 5.74) is -3.85. The summed E-state index contributed by atoms with van der Waals surface area (Å²) in [6, 6.07) is 6.22. The van der Waals surface area contributed by atoms with Gasteiger partial charge in [-0.2, -0.15) is 26.3 Å². The number of nitrogens with zero attached hydrogens (tertiary/aromatic N) is 1. The molecule has 1 heterocycles. The Morgan fingerprint density at radius 3 is 1.95 bits per heavy atom. The van der Waals surface area contributed by atoms with E-state index in [0.29, 0.717) is 17.7 Å². The number of halogens is 7. The van der Waals surface area contributed by atoms with Crippen LogP contribution in [0, 0.1) is 5.82 Å². The highest BCUT2D eigenvalue weighted by atomic mass is 19.4. The topological polar surface area (TPSA) is 55.8 Å². The maximum absolute atomic E-state index is 13.5. The van der Waals surface area contributed by atoms with Crippen molar-refractivity contribution in [1.29, 1.82) is 0 Å². The van der Waals surface area contributed by atoms with Crippen LogP contribution in [0.25, 0.3) is 0 Å². The van der Waals surface area contributed by atoms with E-state index in [9.17, 15) is 40.3 Å². The number of hydrogen-bond acceptors (Lipinski definition) is 4. The Labute approximate surface area is 214 Å². The first kappa shape index (κ1) is 29.4. The number of hydrogen-bond donors (Lipinski definition) is 0. The summed E-state index contributed by atoms with van der Waals surface area (Å²) in [6.45, 7) is 5.83. The number of piperidine rings is 1. The molecule has 0 spiro atoms. The summed E-state index contributed by atoms with van der Waals surface area (Å²) in [5, 5.41) is 0. The molecule has 0 bridgehead atoms. The summed E-state index contributed by atoms with van der Waals surface area (Å²) in [7, 11) is 0. The van der Waals surface area contributed by atoms with Gasteiger partial charge in [-0.25, -0.2) is 14.1 Å². The second-order valence-electron chi connectivity index (χ2n) is 10.0. The van der Waals surface area contributed by atoms with Crippen LogP contribution in [-0.2, 0) is 26.6 Å². The fourth-order valence-corrected chi connectivity index (χ4v) is 4.06. The molecule has 1 saturated heterocycles. The van der Waals surface area contributed by atoms with E-state index >= 15 is 0 Å². The standard InChI is InChI=1S/C26H26F7NO4/c1-14(16-9-17(25(28,29)30)11-18(10-16)26(31,32)33)37-21-12-22(35)34(23(36)38-24(2,3)4)13-20(21)15-5-7-19(27)8-6-15/h5-11,14,20-21H,12-13H2,1-4H3/t14-,20-,21+/m1/s1. The van der Waals surface area contributed by atoms with Crippen molar-refractivity contribution in [3.63, 3.8) is 0 Å². The summed E-state index contributed by atoms with van der Waals surface area (Å²) in [6.07, 6.45) is -13.8. The van der Waals surface area contributed by atoms with Gasteiger partial charge in [0.25, 0.3) is 0 Å². The van der Waals surface area contributed by atoms with Crippen molar-refractivity contribution < 1.29 is 49.8 Å². The molecule has 12 heteroatoms. The van der Waals surface area contributed by atoms with Crippen molar-refractivity contribution in [3.8, 4) is 0 Å². The first-order chi connectivity index (χ1) is 17.3. The van der Waals surface area contributed by atoms with Crippen LogP contribution in [0.15, 0.2) is 42.5 Å². The molecule has 3 rings (SSSR count). The van der Waals surface area contributed by atoms with Gasteiger partial charge in [-0.1, -0.05) is 12.1 Å². The summed E-state index contributed by atoms with van der Waals surface area (Å²) >= 11 is 0. The van der Waals surface area contributed by atoms with E-state index in [1.807, 2.05) is 0 Å². The minimum atomic E-state index is -5.04. The minimum Gasteiger partial charge on any atom is -0.443 e. The zero-order chi connectivity index (χ0) is 28.6. The zero-order valence-corrected chi connectivity index (χ0v) is 20.9. The van der Waals surface area contributed by atoms with E-state index in [-0.39, 0.29) is 12.6 Å². The van der Waals surface area contributed by atoms with Gasteiger partial charge in [-0.05, 0) is 69.2 Å². The quantitative estimate of drug-likeness (QED) is 0.377. The fourth-order valence-electron chi connectivity index (χ4n) is 4.06. The molecular formula is C26H26F7NO4. The molecule has 0 radical (unpaired) electrons. The molecule has 0 N–H and O–H groups in total. The van der Waals surface area contributed by atoms with Crippen LogP contribution in [0.2, 0.25) is 0 Å². The number of likely N-dealkylation sites (tertiary alicyclic amines) is 1. The van der Waals surface area contributed by atoms with Gasteiger partial charge in [0.2, 0.25) is 5.91 Å². The van der Waals surface area contributed by atoms with Gasteiger partial charge in [0.15, 0.2) is 0 Å². The Bertz CT molecular complexity index is 1140. The largest absolute Gasteiger partial charge is 0.443 e. The molecule has 2 aromatic rings. The van der Waals surface area contributed by atoms with Crippen LogP contribution in [0.1, 0.15) is 68.4 Å². The average Bonchev–Trinajstić information content (AvgIpc) is 2.77. The maximum atomic E-state index is 13.5. The van der Waals surface area contributed by atoms with Crippen molar-refractivity contribution in [2.75, 3.05) is 6.54 Å². The monoisotopic (exact) mass is 549 g/mol. The molecule has 0 unspecified atom stereocenters. The second kappa shape index (κ2) is 10.5. The molecule has 38 heavy (non-hydrogen) atoms. The van der Waals surface area contributed by atoms with Crippen molar-refractivity contribution in [1.82, 2.24) is 4.90 Å². The number of carbonyl (C=O) groups is 2. The average molecular weight is 549 g/mol. The van der Waals surface area contributed by atoms with Crippen LogP contribution >= 0.6 is 0 Å². The zero-order valence-electron chi connectivity index (χ0n) is 20.9. The lowest BCUT2D eigenvalue weighted by molar-refractivity contribution is -0.143. The van der Waals surface area contributed by atoms with Gasteiger partial charge < -0.3 is 9.47 Å². The van der Waals surface area contributed by atoms with Crippen molar-refractivity contribution in [3.05, 3.63) is 70.5 Å². The van der Waals surface area contributed by atoms with E-state index < -0.39 is 77.0 Å². The minimum absolute atomic E-state index is 0.0143. The van der Waals surface area contributed by atoms with Crippen LogP contribution in [0.5, 0.6) is 0 Å². The Kier molecular flexibility index (Phi) is 8.16. The molecule has 208 valence electrons. The Morgan fingerprint density at radius 1 is 0.947 bits per heavy atom. The van der Waals surface area contributed by atoms with Crippen LogP contribution in [0.4, 0.5) is 35.5 Å². The smallest absolute Gasteiger partial charge is 0.417 e. The molecule has 1 aliphatic heterocycles. The third kappa shape index (κ3) is 7.24. The lowest BCUT2D eigenvalue weighted by atomic mass is 9.87. The van der Waals surface area contributed by atoms with E-state index in [0.717, 1.165) is 17.0 Å². The van der Waals surface area contributed by atoms with E-state index in [2.05, 4.69) is 0 Å². The fraction of sp³-hybridized carbons (Fsp3) is 0.462. The number of benzene rings is 2. The van der Waals surface area contributed by atoms with Gasteiger partial charge in [-0.3, -0.25) is 4.79 Å². The number of rotatable bonds is 4. The van der Waals surface area contributed by atoms with Gasteiger partial charge >= 0.3 is 18.4 Å². The number of alkyl halides is 6. The molecule has 0 aromatic heterocycles. The predicted octanol–water partition coefficient (Wildman–Crippen LogP) is 7.26. The maximum Gasteiger partial charge on any atom is 0.417 e. The SMILES string of the molecule is C[C@@H](O[C@H]1CC(=O)N(C(=O)OC(C)(C)C)C[C@@H]1c1ccc(F)cc1)c1cc(C(F)(F)F)cc(C(F)(F)F)c1. The van der Waals surface area contributed by atoms with Crippen molar-refractivity contribution >= 4 is 12.0 Å². The molecule has 5 nitrogen and oxygen atoms in total. The molecule has 0 aliphatic carbocycles. The molecule has 1 aliphatic rings. The van der Waals surface area contributed by atoms with E-state index in [1.54, 1.807) is 20.8 Å². The summed E-state index contributed by atoms with van der Waals surface area (Å²) in [4.78, 5) is 26.3. The van der Waals surface area contributed by atoms with Crippen molar-refractivity contribution in [2.45, 2.75) is 70.2 Å². The molecular weight excluding hydrogens is 523 g/mol. The summed E-state index contributed by atoms with van der Waals surface area (Å²) < 4.78 is 105. The lowest BCUT2D eigenvalue weighted by Crippen LogP contribution is -2.50. The third-order valence-electron chi connectivity index (χ3n) is 5.88. The number of carbonyl (C=O) groups excluding carboxylic acids is 2. The number of imide groups is 1. The summed E-state index contributed by atoms with van der Waals surface area (Å²) in [5.74, 6) is -2.02. The highest BCUT2D eigenvalue weighted by Gasteiger charge is 2.42. The third-order valence-corrected chi connectivity index (χ3v) is 5.88. The second-order valence-corrected chi connectivity index (χ2v) is 10.0. The molecule has 0 saturated carbocycles. The number of amides is 2. The highest BCUT2D eigenvalue weighted by Crippen LogP contribution is 2.40. The van der Waals surface area contributed by atoms with Crippen molar-refractivity contribution in [2.24, 2.45) is 0 Å². The first-order valence-corrected chi connectivity index (χ1v) is 11.6. The normalized spacial score (nSPS) is 19.9. The van der Waals surface area contributed by atoms with Crippen LogP contribution in [-0.4, -0.2) is 35.2 Å². The van der Waals surface area contributed by atoms with E-state index in [1.165, 1.54) is 19.1 Å². The molecule has 1 fully saturated rings. The lowest BCUT2D eigenvalue weighted by Gasteiger charge is -2.39. The number of ether oxygens (including phenoxy) is 2. The Morgan fingerprint density at radius 2 is 1.47 bits per heavy atom. The van der Waals surface area contributed by atoms with Crippen LogP contribution < -0.4 is 0 Å². The van der Waals surface area contributed by atoms with Gasteiger partial charge in [0.05, 0.1) is 29.8 Å². The molecule has 2 aromatic carbocycles. The van der Waals surface area contributed by atoms with Crippen LogP contribution in [0.3, 0.4) is 0 Å². The Hall–Kier alpha value is -3.15. The van der Waals surface area contributed by atoms with E-state index in [4.69, 9.17) is 9.47 Å². The Balaban J connectivity index is 1.95. The predicted molar refractivity (Wildman–Crippen MR) is 121 cm³/mol.